The van der Waals surface area contributed by atoms with Crippen molar-refractivity contribution in [2.45, 2.75) is 31.7 Å². The number of carbonyl (C=O) groups excluding carboxylic acids is 1. The molecule has 132 valence electrons. The second-order valence-electron chi connectivity index (χ2n) is 6.93. The zero-order chi connectivity index (χ0) is 17.1. The van der Waals surface area contributed by atoms with E-state index in [1.165, 1.54) is 29.8 Å². The number of thiophene rings is 1. The first-order chi connectivity index (χ1) is 12.3. The summed E-state index contributed by atoms with van der Waals surface area (Å²) in [6, 6.07) is 13.0. The molecule has 25 heavy (non-hydrogen) atoms. The van der Waals surface area contributed by atoms with E-state index in [1.807, 2.05) is 12.1 Å². The topological polar surface area (TPSA) is 35.6 Å². The molecule has 0 spiro atoms. The minimum atomic E-state index is 0.0809. The van der Waals surface area contributed by atoms with Gasteiger partial charge < -0.3 is 10.2 Å². The quantitative estimate of drug-likeness (QED) is 0.876. The van der Waals surface area contributed by atoms with Crippen molar-refractivity contribution in [1.82, 2.24) is 4.90 Å². The summed E-state index contributed by atoms with van der Waals surface area (Å²) in [4.78, 5) is 18.5. The van der Waals surface area contributed by atoms with Crippen LogP contribution in [-0.2, 0) is 4.79 Å². The number of hydrogen-bond acceptors (Lipinski definition) is 4. The standard InChI is InChI=1S/C20H25N3OS/c24-20(15-23-13-3-5-18(23)19-6-4-14-25-19)21-16-7-9-17(10-8-16)22-11-1-2-12-22/h4,6-10,14,18H,1-3,5,11-13,15H2,(H,21,24)/t18-/m1/s1. The van der Waals surface area contributed by atoms with E-state index in [-0.39, 0.29) is 5.91 Å². The number of carbonyl (C=O) groups is 1. The molecule has 0 unspecified atom stereocenters. The highest BCUT2D eigenvalue weighted by Crippen LogP contribution is 2.34. The molecule has 2 saturated heterocycles. The summed E-state index contributed by atoms with van der Waals surface area (Å²) in [6.07, 6.45) is 4.87. The molecule has 2 aliphatic rings. The van der Waals surface area contributed by atoms with Gasteiger partial charge in [0.25, 0.3) is 0 Å². The number of anilines is 2. The lowest BCUT2D eigenvalue weighted by atomic mass is 10.2. The fraction of sp³-hybridized carbons (Fsp3) is 0.450. The zero-order valence-electron chi connectivity index (χ0n) is 14.5. The van der Waals surface area contributed by atoms with Gasteiger partial charge in [-0.2, -0.15) is 0 Å². The van der Waals surface area contributed by atoms with Crippen molar-refractivity contribution in [3.63, 3.8) is 0 Å². The predicted molar refractivity (Wildman–Crippen MR) is 104 cm³/mol. The van der Waals surface area contributed by atoms with Gasteiger partial charge in [0.1, 0.15) is 0 Å². The van der Waals surface area contributed by atoms with Crippen LogP contribution in [0.1, 0.15) is 36.6 Å². The van der Waals surface area contributed by atoms with Crippen molar-refractivity contribution in [3.05, 3.63) is 46.7 Å². The molecule has 0 saturated carbocycles. The molecular weight excluding hydrogens is 330 g/mol. The monoisotopic (exact) mass is 355 g/mol. The number of benzene rings is 1. The lowest BCUT2D eigenvalue weighted by Gasteiger charge is -2.23. The van der Waals surface area contributed by atoms with Gasteiger partial charge in [0.15, 0.2) is 0 Å². The van der Waals surface area contributed by atoms with Gasteiger partial charge in [-0.15, -0.1) is 11.3 Å². The van der Waals surface area contributed by atoms with E-state index in [4.69, 9.17) is 0 Å². The highest BCUT2D eigenvalue weighted by Gasteiger charge is 2.28. The number of hydrogen-bond donors (Lipinski definition) is 1. The van der Waals surface area contributed by atoms with E-state index in [1.54, 1.807) is 11.3 Å². The average molecular weight is 356 g/mol. The van der Waals surface area contributed by atoms with Crippen molar-refractivity contribution < 1.29 is 4.79 Å². The van der Waals surface area contributed by atoms with Gasteiger partial charge in [-0.25, -0.2) is 0 Å². The van der Waals surface area contributed by atoms with Crippen molar-refractivity contribution >= 4 is 28.6 Å². The van der Waals surface area contributed by atoms with Crippen LogP contribution in [0, 0.1) is 0 Å². The Kier molecular flexibility index (Phi) is 5.04. The molecule has 5 heteroatoms. The molecule has 2 aliphatic heterocycles. The third-order valence-corrected chi connectivity index (χ3v) is 6.18. The number of nitrogens with zero attached hydrogens (tertiary/aromatic N) is 2. The van der Waals surface area contributed by atoms with E-state index < -0.39 is 0 Å². The average Bonchev–Trinajstić information content (AvgIpc) is 3.37. The SMILES string of the molecule is O=C(CN1CCC[C@@H]1c1cccs1)Nc1ccc(N2CCCC2)cc1. The van der Waals surface area contributed by atoms with Crippen LogP contribution < -0.4 is 10.2 Å². The summed E-state index contributed by atoms with van der Waals surface area (Å²) in [6.45, 7) is 3.76. The van der Waals surface area contributed by atoms with Crippen molar-refractivity contribution in [2.75, 3.05) is 36.4 Å². The Morgan fingerprint density at radius 1 is 1.08 bits per heavy atom. The smallest absolute Gasteiger partial charge is 0.238 e. The minimum absolute atomic E-state index is 0.0809. The largest absolute Gasteiger partial charge is 0.372 e. The van der Waals surface area contributed by atoms with Gasteiger partial charge >= 0.3 is 0 Å². The predicted octanol–water partition coefficient (Wildman–Crippen LogP) is 4.12. The lowest BCUT2D eigenvalue weighted by molar-refractivity contribution is -0.117. The second-order valence-corrected chi connectivity index (χ2v) is 7.91. The van der Waals surface area contributed by atoms with Crippen molar-refractivity contribution in [1.29, 1.82) is 0 Å². The fourth-order valence-corrected chi connectivity index (χ4v) is 4.83. The molecule has 4 nitrogen and oxygen atoms in total. The van der Waals surface area contributed by atoms with Crippen LogP contribution in [0.15, 0.2) is 41.8 Å². The van der Waals surface area contributed by atoms with E-state index >= 15 is 0 Å². The maximum Gasteiger partial charge on any atom is 0.238 e. The van der Waals surface area contributed by atoms with Gasteiger partial charge in [0.05, 0.1) is 6.54 Å². The molecule has 1 aromatic carbocycles. The zero-order valence-corrected chi connectivity index (χ0v) is 15.3. The summed E-state index contributed by atoms with van der Waals surface area (Å²) in [5.41, 5.74) is 2.15. The Morgan fingerprint density at radius 3 is 2.60 bits per heavy atom. The maximum absolute atomic E-state index is 12.5. The van der Waals surface area contributed by atoms with E-state index in [9.17, 15) is 4.79 Å². The Labute approximate surface area is 153 Å². The van der Waals surface area contributed by atoms with Crippen molar-refractivity contribution in [3.8, 4) is 0 Å². The summed E-state index contributed by atoms with van der Waals surface area (Å²) in [5, 5.41) is 5.18. The van der Waals surface area contributed by atoms with Crippen LogP contribution in [0.5, 0.6) is 0 Å². The van der Waals surface area contributed by atoms with Gasteiger partial charge in [-0.3, -0.25) is 9.69 Å². The number of likely N-dealkylation sites (tertiary alicyclic amines) is 1. The van der Waals surface area contributed by atoms with Gasteiger partial charge in [-0.05, 0) is 67.9 Å². The number of nitrogens with one attached hydrogen (secondary N) is 1. The normalized spacial score (nSPS) is 21.0. The summed E-state index contributed by atoms with van der Waals surface area (Å²) in [7, 11) is 0. The molecule has 1 aromatic heterocycles. The Bertz CT molecular complexity index is 692. The minimum Gasteiger partial charge on any atom is -0.372 e. The van der Waals surface area contributed by atoms with E-state index in [0.29, 0.717) is 12.6 Å². The molecule has 4 rings (SSSR count). The molecule has 1 atom stereocenters. The number of amides is 1. The summed E-state index contributed by atoms with van der Waals surface area (Å²) < 4.78 is 0. The Balaban J connectivity index is 1.34. The highest BCUT2D eigenvalue weighted by atomic mass is 32.1. The third kappa shape index (κ3) is 3.88. The van der Waals surface area contributed by atoms with Crippen LogP contribution in [0.3, 0.4) is 0 Å². The van der Waals surface area contributed by atoms with Gasteiger partial charge in [0, 0.05) is 35.4 Å². The van der Waals surface area contributed by atoms with Gasteiger partial charge in [0.2, 0.25) is 5.91 Å². The molecule has 1 N–H and O–H groups in total. The molecule has 1 amide bonds. The Hall–Kier alpha value is -1.85. The van der Waals surface area contributed by atoms with Crippen LogP contribution in [0.4, 0.5) is 11.4 Å². The maximum atomic E-state index is 12.5. The Morgan fingerprint density at radius 2 is 1.88 bits per heavy atom. The fourth-order valence-electron chi connectivity index (χ4n) is 3.93. The van der Waals surface area contributed by atoms with Crippen LogP contribution in [-0.4, -0.2) is 37.0 Å². The number of rotatable bonds is 5. The molecule has 3 heterocycles. The molecule has 0 aliphatic carbocycles. The molecule has 0 bridgehead atoms. The van der Waals surface area contributed by atoms with Crippen molar-refractivity contribution in [2.24, 2.45) is 0 Å². The van der Waals surface area contributed by atoms with Crippen LogP contribution in [0.25, 0.3) is 0 Å². The van der Waals surface area contributed by atoms with Crippen LogP contribution in [0.2, 0.25) is 0 Å². The first kappa shape index (κ1) is 16.6. The first-order valence-corrected chi connectivity index (χ1v) is 10.1. The molecular formula is C20H25N3OS. The molecule has 2 aromatic rings. The third-order valence-electron chi connectivity index (χ3n) is 5.20. The molecule has 0 radical (unpaired) electrons. The summed E-state index contributed by atoms with van der Waals surface area (Å²) >= 11 is 1.79. The van der Waals surface area contributed by atoms with Crippen LogP contribution >= 0.6 is 11.3 Å². The highest BCUT2D eigenvalue weighted by molar-refractivity contribution is 7.10. The second kappa shape index (κ2) is 7.58. The lowest BCUT2D eigenvalue weighted by Crippen LogP contribution is -2.32. The molecule has 2 fully saturated rings. The first-order valence-electron chi connectivity index (χ1n) is 9.22. The van der Waals surface area contributed by atoms with E-state index in [0.717, 1.165) is 31.7 Å². The summed E-state index contributed by atoms with van der Waals surface area (Å²) in [5.74, 6) is 0.0809. The van der Waals surface area contributed by atoms with E-state index in [2.05, 4.69) is 44.8 Å². The van der Waals surface area contributed by atoms with Gasteiger partial charge in [-0.1, -0.05) is 6.07 Å².